The second-order valence-electron chi connectivity index (χ2n) is 2.73. The van der Waals surface area contributed by atoms with Gasteiger partial charge in [-0.25, -0.2) is 0 Å². The van der Waals surface area contributed by atoms with E-state index in [1.165, 1.54) is 11.3 Å². The monoisotopic (exact) mass is 208 g/mol. The number of rotatable bonds is 2. The minimum absolute atomic E-state index is 0.423. The number of nitrogens with zero attached hydrogens (tertiary/aromatic N) is 1. The van der Waals surface area contributed by atoms with Crippen molar-refractivity contribution in [3.8, 4) is 5.75 Å². The molecule has 5 heteroatoms. The summed E-state index contributed by atoms with van der Waals surface area (Å²) in [6.07, 6.45) is 3.30. The van der Waals surface area contributed by atoms with E-state index >= 15 is 0 Å². The molecule has 0 aliphatic rings. The maximum absolute atomic E-state index is 10.9. The number of nitrogens with two attached hydrogens (primary N) is 1. The fraction of sp³-hybridized carbons (Fsp3) is 0.111. The molecule has 0 atom stereocenters. The van der Waals surface area contributed by atoms with Crippen LogP contribution in [0.5, 0.6) is 5.75 Å². The average Bonchev–Trinajstić information content (AvgIpc) is 2.60. The number of ether oxygens (including phenoxy) is 1. The number of carbonyl (C=O) groups excluding carboxylic acids is 1. The zero-order chi connectivity index (χ0) is 10.1. The second-order valence-corrected chi connectivity index (χ2v) is 3.81. The van der Waals surface area contributed by atoms with Gasteiger partial charge in [-0.05, 0) is 6.07 Å². The molecule has 0 saturated carbocycles. The summed E-state index contributed by atoms with van der Waals surface area (Å²) in [5, 5.41) is 0.876. The first-order chi connectivity index (χ1) is 6.72. The highest BCUT2D eigenvalue weighted by Gasteiger charge is 2.09. The largest absolute Gasteiger partial charge is 0.494 e. The Morgan fingerprint density at radius 2 is 2.36 bits per heavy atom. The predicted molar refractivity (Wildman–Crippen MR) is 54.7 cm³/mol. The lowest BCUT2D eigenvalue weighted by molar-refractivity contribution is 0.100. The van der Waals surface area contributed by atoms with E-state index in [4.69, 9.17) is 10.5 Å². The predicted octanol–water partition coefficient (Wildman–Crippen LogP) is 1.40. The van der Waals surface area contributed by atoms with Gasteiger partial charge in [0.25, 0.3) is 5.91 Å². The van der Waals surface area contributed by atoms with Crippen LogP contribution >= 0.6 is 11.3 Å². The molecule has 0 bridgehead atoms. The quantitative estimate of drug-likeness (QED) is 0.811. The molecule has 0 aliphatic carbocycles. The number of carbonyl (C=O) groups is 1. The number of aromatic nitrogens is 1. The summed E-state index contributed by atoms with van der Waals surface area (Å²) in [7, 11) is 1.57. The summed E-state index contributed by atoms with van der Waals surface area (Å²) in [5.74, 6) is 0.236. The fourth-order valence-corrected chi connectivity index (χ4v) is 2.12. The number of hydrogen-bond acceptors (Lipinski definition) is 4. The lowest BCUT2D eigenvalue weighted by atomic mass is 10.3. The van der Waals surface area contributed by atoms with E-state index < -0.39 is 5.91 Å². The zero-order valence-electron chi connectivity index (χ0n) is 7.48. The highest BCUT2D eigenvalue weighted by Crippen LogP contribution is 2.31. The summed E-state index contributed by atoms with van der Waals surface area (Å²) in [6, 6.07) is 1.73. The van der Waals surface area contributed by atoms with Crippen molar-refractivity contribution in [2.75, 3.05) is 7.11 Å². The highest BCUT2D eigenvalue weighted by atomic mass is 32.1. The van der Waals surface area contributed by atoms with Crippen molar-refractivity contribution in [2.45, 2.75) is 0 Å². The molecule has 2 aromatic rings. The average molecular weight is 208 g/mol. The molecule has 2 heterocycles. The van der Waals surface area contributed by atoms with E-state index in [0.717, 1.165) is 10.1 Å². The minimum Gasteiger partial charge on any atom is -0.494 e. The third-order valence-electron chi connectivity index (χ3n) is 1.87. The topological polar surface area (TPSA) is 65.2 Å². The number of primary amides is 1. The molecule has 0 fully saturated rings. The Kier molecular flexibility index (Phi) is 2.09. The van der Waals surface area contributed by atoms with Crippen LogP contribution in [0.15, 0.2) is 18.5 Å². The van der Waals surface area contributed by atoms with Gasteiger partial charge in [0.1, 0.15) is 5.75 Å². The van der Waals surface area contributed by atoms with Gasteiger partial charge < -0.3 is 10.5 Å². The Labute approximate surface area is 84.3 Å². The fourth-order valence-electron chi connectivity index (χ4n) is 1.22. The van der Waals surface area contributed by atoms with Gasteiger partial charge in [0.15, 0.2) is 0 Å². The third-order valence-corrected chi connectivity index (χ3v) is 2.96. The molecule has 4 nitrogen and oxygen atoms in total. The van der Waals surface area contributed by atoms with Gasteiger partial charge in [-0.1, -0.05) is 0 Å². The third kappa shape index (κ3) is 1.31. The van der Waals surface area contributed by atoms with Crippen LogP contribution in [0.1, 0.15) is 9.67 Å². The van der Waals surface area contributed by atoms with Crippen LogP contribution in [0.4, 0.5) is 0 Å². The SMILES string of the molecule is COc1cncc2sc(C(N)=O)cc12. The first kappa shape index (κ1) is 8.96. The maximum Gasteiger partial charge on any atom is 0.258 e. The minimum atomic E-state index is -0.423. The summed E-state index contributed by atoms with van der Waals surface area (Å²) in [4.78, 5) is 15.5. The van der Waals surface area contributed by atoms with E-state index in [2.05, 4.69) is 4.98 Å². The molecular weight excluding hydrogens is 200 g/mol. The van der Waals surface area contributed by atoms with Gasteiger partial charge in [-0.15, -0.1) is 11.3 Å². The Bertz CT molecular complexity index is 493. The Balaban J connectivity index is 2.70. The van der Waals surface area contributed by atoms with Gasteiger partial charge in [0.2, 0.25) is 0 Å². The van der Waals surface area contributed by atoms with Crippen molar-refractivity contribution < 1.29 is 9.53 Å². The van der Waals surface area contributed by atoms with E-state index in [9.17, 15) is 4.79 Å². The zero-order valence-corrected chi connectivity index (χ0v) is 8.30. The standard InChI is InChI=1S/C9H8N2O2S/c1-13-6-3-11-4-8-5(6)2-7(14-8)9(10)12/h2-4H,1H3,(H2,10,12). The van der Waals surface area contributed by atoms with Crippen LogP contribution in [-0.4, -0.2) is 18.0 Å². The summed E-state index contributed by atoms with van der Waals surface area (Å²) in [6.45, 7) is 0. The van der Waals surface area contributed by atoms with Crippen LogP contribution < -0.4 is 10.5 Å². The first-order valence-corrected chi connectivity index (χ1v) is 4.75. The molecule has 0 saturated heterocycles. The number of fused-ring (bicyclic) bond motifs is 1. The molecule has 2 rings (SSSR count). The smallest absolute Gasteiger partial charge is 0.258 e. The molecule has 0 radical (unpaired) electrons. The summed E-state index contributed by atoms with van der Waals surface area (Å²) in [5.41, 5.74) is 5.18. The molecule has 2 aromatic heterocycles. The number of thiophene rings is 1. The van der Waals surface area contributed by atoms with Crippen molar-refractivity contribution >= 4 is 27.3 Å². The molecule has 1 amide bonds. The van der Waals surface area contributed by atoms with Crippen LogP contribution in [0, 0.1) is 0 Å². The highest BCUT2D eigenvalue weighted by molar-refractivity contribution is 7.20. The molecule has 2 N–H and O–H groups in total. The second kappa shape index (κ2) is 3.26. The molecular formula is C9H8N2O2S. The number of amides is 1. The summed E-state index contributed by atoms with van der Waals surface area (Å²) < 4.78 is 6.01. The molecule has 72 valence electrons. The van der Waals surface area contributed by atoms with Crippen LogP contribution in [0.3, 0.4) is 0 Å². The van der Waals surface area contributed by atoms with Crippen molar-refractivity contribution in [3.05, 3.63) is 23.3 Å². The van der Waals surface area contributed by atoms with Crippen LogP contribution in [0.25, 0.3) is 10.1 Å². The van der Waals surface area contributed by atoms with Gasteiger partial charge >= 0.3 is 0 Å². The molecule has 0 unspecified atom stereocenters. The summed E-state index contributed by atoms with van der Waals surface area (Å²) >= 11 is 1.32. The van der Waals surface area contributed by atoms with Gasteiger partial charge in [0, 0.05) is 11.6 Å². The van der Waals surface area contributed by atoms with Crippen molar-refractivity contribution in [3.63, 3.8) is 0 Å². The number of methoxy groups -OCH3 is 1. The first-order valence-electron chi connectivity index (χ1n) is 3.93. The molecule has 0 aliphatic heterocycles. The molecule has 14 heavy (non-hydrogen) atoms. The molecule has 0 aromatic carbocycles. The van der Waals surface area contributed by atoms with Gasteiger partial charge in [-0.3, -0.25) is 9.78 Å². The van der Waals surface area contributed by atoms with E-state index in [1.807, 2.05) is 0 Å². The maximum atomic E-state index is 10.9. The van der Waals surface area contributed by atoms with Crippen LogP contribution in [-0.2, 0) is 0 Å². The van der Waals surface area contributed by atoms with Crippen molar-refractivity contribution in [1.82, 2.24) is 4.98 Å². The van der Waals surface area contributed by atoms with Crippen molar-refractivity contribution in [2.24, 2.45) is 5.73 Å². The Morgan fingerprint density at radius 3 is 3.00 bits per heavy atom. The van der Waals surface area contributed by atoms with E-state index in [1.54, 1.807) is 25.6 Å². The van der Waals surface area contributed by atoms with E-state index in [-0.39, 0.29) is 0 Å². The van der Waals surface area contributed by atoms with Gasteiger partial charge in [0.05, 0.1) is 22.9 Å². The normalized spacial score (nSPS) is 10.4. The Hall–Kier alpha value is -1.62. The lowest BCUT2D eigenvalue weighted by Gasteiger charge is -1.98. The lowest BCUT2D eigenvalue weighted by Crippen LogP contribution is -2.08. The number of hydrogen-bond donors (Lipinski definition) is 1. The molecule has 0 spiro atoms. The van der Waals surface area contributed by atoms with Crippen molar-refractivity contribution in [1.29, 1.82) is 0 Å². The van der Waals surface area contributed by atoms with Gasteiger partial charge in [-0.2, -0.15) is 0 Å². The number of pyridine rings is 1. The van der Waals surface area contributed by atoms with E-state index in [0.29, 0.717) is 10.6 Å². The van der Waals surface area contributed by atoms with Crippen LogP contribution in [0.2, 0.25) is 0 Å². The Morgan fingerprint density at radius 1 is 1.57 bits per heavy atom.